The highest BCUT2D eigenvalue weighted by atomic mass is 32.1. The van der Waals surface area contributed by atoms with E-state index in [0.29, 0.717) is 26.2 Å². The Balaban J connectivity index is 5.02. The molecule has 23 heavy (non-hydrogen) atoms. The number of hydrogen-bond donors (Lipinski definition) is 1. The zero-order valence-electron chi connectivity index (χ0n) is 15.6. The predicted molar refractivity (Wildman–Crippen MR) is 101 cm³/mol. The van der Waals surface area contributed by atoms with E-state index in [4.69, 9.17) is 13.3 Å². The second kappa shape index (κ2) is 13.4. The quantitative estimate of drug-likeness (QED) is 0.261. The number of Topliss-reactive ketones (excluding diaryl/α,β-unsaturated/α-hetero) is 1. The Kier molecular flexibility index (Phi) is 13.5. The Hall–Kier alpha value is 0.117. The van der Waals surface area contributed by atoms with Gasteiger partial charge in [0, 0.05) is 19.8 Å². The van der Waals surface area contributed by atoms with E-state index in [1.54, 1.807) is 0 Å². The van der Waals surface area contributed by atoms with Crippen LogP contribution in [0.15, 0.2) is 0 Å². The van der Waals surface area contributed by atoms with Gasteiger partial charge in [-0.3, -0.25) is 4.79 Å². The fourth-order valence-electron chi connectivity index (χ4n) is 2.79. The average Bonchev–Trinajstić information content (AvgIpc) is 2.52. The van der Waals surface area contributed by atoms with Crippen LogP contribution in [0.2, 0.25) is 5.54 Å². The summed E-state index contributed by atoms with van der Waals surface area (Å²) in [5, 5.41) is -0.259. The van der Waals surface area contributed by atoms with Crippen molar-refractivity contribution in [2.24, 2.45) is 0 Å². The van der Waals surface area contributed by atoms with E-state index in [-0.39, 0.29) is 16.6 Å². The summed E-state index contributed by atoms with van der Waals surface area (Å²) in [4.78, 5) is 12.9. The summed E-state index contributed by atoms with van der Waals surface area (Å²) in [5.74, 6) is 0.120. The largest absolute Gasteiger partial charge is 0.511 e. The van der Waals surface area contributed by atoms with E-state index in [0.717, 1.165) is 19.3 Å². The van der Waals surface area contributed by atoms with Gasteiger partial charge in [-0.05, 0) is 33.6 Å². The van der Waals surface area contributed by atoms with Crippen molar-refractivity contribution in [2.45, 2.75) is 83.9 Å². The molecule has 0 aromatic heterocycles. The Morgan fingerprint density at radius 1 is 0.913 bits per heavy atom. The van der Waals surface area contributed by atoms with Gasteiger partial charge in [-0.25, -0.2) is 0 Å². The van der Waals surface area contributed by atoms with E-state index in [1.807, 2.05) is 27.7 Å². The minimum atomic E-state index is -3.00. The molecule has 2 unspecified atom stereocenters. The molecule has 0 bridgehead atoms. The summed E-state index contributed by atoms with van der Waals surface area (Å²) in [6, 6.07) is 0. The standard InChI is InChI=1S/C17H36O4SSi/c1-6-11-12-13-14-15(22)17(18)16(7-2)23(19-8-3,20-9-4)21-10-5/h15-16,22H,6-14H2,1-5H3. The molecule has 0 aliphatic heterocycles. The maximum Gasteiger partial charge on any atom is 0.511 e. The first-order valence-electron chi connectivity index (χ1n) is 9.16. The number of ketones is 1. The SMILES string of the molecule is CCCCCCC(S)C(=O)C(CC)[Si](OCC)(OCC)OCC. The molecule has 0 saturated carbocycles. The number of carbonyl (C=O) groups is 1. The molecule has 0 spiro atoms. The third-order valence-corrected chi connectivity index (χ3v) is 8.01. The first-order valence-corrected chi connectivity index (χ1v) is 11.5. The Bertz CT molecular complexity index is 298. The van der Waals surface area contributed by atoms with Crippen molar-refractivity contribution in [3.05, 3.63) is 0 Å². The smallest absolute Gasteiger partial charge is 0.373 e. The van der Waals surface area contributed by atoms with Crippen LogP contribution in [-0.4, -0.2) is 39.7 Å². The summed E-state index contributed by atoms with van der Waals surface area (Å²) >= 11 is 4.56. The van der Waals surface area contributed by atoms with Crippen molar-refractivity contribution in [1.82, 2.24) is 0 Å². The molecule has 138 valence electrons. The fourth-order valence-corrected chi connectivity index (χ4v) is 6.41. The molecule has 2 atom stereocenters. The van der Waals surface area contributed by atoms with E-state index in [2.05, 4.69) is 19.6 Å². The fraction of sp³-hybridized carbons (Fsp3) is 0.941. The van der Waals surface area contributed by atoms with Crippen LogP contribution in [0.3, 0.4) is 0 Å². The third-order valence-electron chi connectivity index (χ3n) is 3.87. The highest BCUT2D eigenvalue weighted by Gasteiger charge is 2.52. The molecule has 0 amide bonds. The van der Waals surface area contributed by atoms with Crippen molar-refractivity contribution in [2.75, 3.05) is 19.8 Å². The number of unbranched alkanes of at least 4 members (excludes halogenated alkanes) is 3. The molecule has 0 aromatic rings. The van der Waals surface area contributed by atoms with Crippen molar-refractivity contribution < 1.29 is 18.1 Å². The van der Waals surface area contributed by atoms with Gasteiger partial charge in [-0.15, -0.1) is 0 Å². The lowest BCUT2D eigenvalue weighted by atomic mass is 10.1. The van der Waals surface area contributed by atoms with E-state index < -0.39 is 8.80 Å². The van der Waals surface area contributed by atoms with Gasteiger partial charge in [-0.1, -0.05) is 39.5 Å². The normalized spacial score (nSPS) is 14.7. The summed E-state index contributed by atoms with van der Waals surface area (Å²) in [6.45, 7) is 11.4. The van der Waals surface area contributed by atoms with Crippen LogP contribution in [0.1, 0.15) is 73.1 Å². The topological polar surface area (TPSA) is 44.8 Å². The van der Waals surface area contributed by atoms with Gasteiger partial charge in [0.1, 0.15) is 0 Å². The van der Waals surface area contributed by atoms with E-state index >= 15 is 0 Å². The number of carbonyl (C=O) groups excluding carboxylic acids is 1. The zero-order valence-corrected chi connectivity index (χ0v) is 17.5. The Labute approximate surface area is 149 Å². The molecule has 6 heteroatoms. The highest BCUT2D eigenvalue weighted by molar-refractivity contribution is 7.81. The molecule has 0 heterocycles. The first kappa shape index (κ1) is 23.1. The van der Waals surface area contributed by atoms with Crippen molar-refractivity contribution in [3.8, 4) is 0 Å². The molecule has 0 N–H and O–H groups in total. The maximum atomic E-state index is 12.9. The first-order chi connectivity index (χ1) is 11.0. The molecule has 0 rings (SSSR count). The van der Waals surface area contributed by atoms with E-state index in [9.17, 15) is 4.79 Å². The minimum Gasteiger partial charge on any atom is -0.373 e. The summed E-state index contributed by atoms with van der Waals surface area (Å²) in [6.07, 6.45) is 6.07. The zero-order chi connectivity index (χ0) is 17.7. The molecule has 0 aliphatic carbocycles. The second-order valence-corrected chi connectivity index (χ2v) is 9.02. The monoisotopic (exact) mass is 364 g/mol. The minimum absolute atomic E-state index is 0.120. The summed E-state index contributed by atoms with van der Waals surface area (Å²) in [5.41, 5.74) is -0.323. The molecule has 0 radical (unpaired) electrons. The van der Waals surface area contributed by atoms with Crippen LogP contribution in [0, 0.1) is 0 Å². The Morgan fingerprint density at radius 2 is 1.43 bits per heavy atom. The van der Waals surface area contributed by atoms with Gasteiger partial charge in [0.25, 0.3) is 0 Å². The summed E-state index contributed by atoms with van der Waals surface area (Å²) in [7, 11) is -3.00. The lowest BCUT2D eigenvalue weighted by molar-refractivity contribution is -0.120. The van der Waals surface area contributed by atoms with Gasteiger partial charge >= 0.3 is 8.80 Å². The lowest BCUT2D eigenvalue weighted by Crippen LogP contribution is -2.53. The molecule has 4 nitrogen and oxygen atoms in total. The van der Waals surface area contributed by atoms with Crippen LogP contribution in [0.25, 0.3) is 0 Å². The van der Waals surface area contributed by atoms with Crippen LogP contribution >= 0.6 is 12.6 Å². The molecule has 0 aromatic carbocycles. The molecular formula is C17H36O4SSi. The lowest BCUT2D eigenvalue weighted by Gasteiger charge is -2.35. The Morgan fingerprint density at radius 3 is 1.83 bits per heavy atom. The number of hydrogen-bond acceptors (Lipinski definition) is 5. The van der Waals surface area contributed by atoms with Crippen LogP contribution < -0.4 is 0 Å². The average molecular weight is 365 g/mol. The molecule has 0 saturated heterocycles. The summed E-state index contributed by atoms with van der Waals surface area (Å²) < 4.78 is 17.8. The van der Waals surface area contributed by atoms with Gasteiger partial charge in [0.15, 0.2) is 5.78 Å². The van der Waals surface area contributed by atoms with Crippen molar-refractivity contribution >= 4 is 27.2 Å². The second-order valence-electron chi connectivity index (χ2n) is 5.63. The van der Waals surface area contributed by atoms with Crippen molar-refractivity contribution in [1.29, 1.82) is 0 Å². The molecule has 0 aliphatic rings. The third kappa shape index (κ3) is 7.69. The number of thiol groups is 1. The van der Waals surface area contributed by atoms with Gasteiger partial charge in [0.05, 0.1) is 10.8 Å². The van der Waals surface area contributed by atoms with Gasteiger partial charge < -0.3 is 13.3 Å². The van der Waals surface area contributed by atoms with Gasteiger partial charge in [0.2, 0.25) is 0 Å². The van der Waals surface area contributed by atoms with Crippen molar-refractivity contribution in [3.63, 3.8) is 0 Å². The van der Waals surface area contributed by atoms with E-state index in [1.165, 1.54) is 12.8 Å². The van der Waals surface area contributed by atoms with Crippen LogP contribution in [-0.2, 0) is 18.1 Å². The molecular weight excluding hydrogens is 328 g/mol. The van der Waals surface area contributed by atoms with Crippen LogP contribution in [0.5, 0.6) is 0 Å². The maximum absolute atomic E-state index is 12.9. The van der Waals surface area contributed by atoms with Gasteiger partial charge in [-0.2, -0.15) is 12.6 Å². The highest BCUT2D eigenvalue weighted by Crippen LogP contribution is 2.33. The predicted octanol–water partition coefficient (Wildman–Crippen LogP) is 4.65. The van der Waals surface area contributed by atoms with Crippen LogP contribution in [0.4, 0.5) is 0 Å². The number of rotatable bonds is 15. The molecule has 0 fully saturated rings.